The molecule has 0 bridgehead atoms. The van der Waals surface area contributed by atoms with E-state index in [-0.39, 0.29) is 17.9 Å². The monoisotopic (exact) mass is 1130 g/mol. The molecule has 2 aliphatic heterocycles. The van der Waals surface area contributed by atoms with Crippen LogP contribution in [0.2, 0.25) is 10.0 Å². The Morgan fingerprint density at radius 3 is 1.75 bits per heavy atom. The van der Waals surface area contributed by atoms with Crippen LogP contribution < -0.4 is 9.47 Å². The number of hydrogen-bond acceptors (Lipinski definition) is 8. The highest BCUT2D eigenvalue weighted by atomic mass is 35.5. The Bertz CT molecular complexity index is 3000. The number of amides is 2. The highest BCUT2D eigenvalue weighted by Gasteiger charge is 2.27. The summed E-state index contributed by atoms with van der Waals surface area (Å²) in [5.41, 5.74) is 8.31. The number of methoxy groups -OCH3 is 1. The molecule has 0 N–H and O–H groups in total. The summed E-state index contributed by atoms with van der Waals surface area (Å²) in [7, 11) is 1.66. The van der Waals surface area contributed by atoms with Crippen LogP contribution in [-0.4, -0.2) is 129 Å². The molecule has 0 radical (unpaired) electrons. The highest BCUT2D eigenvalue weighted by Crippen LogP contribution is 2.39. The van der Waals surface area contributed by atoms with E-state index in [4.69, 9.17) is 42.9 Å². The number of pyridine rings is 2. The second-order valence-electron chi connectivity index (χ2n) is 24.2. The predicted octanol–water partition coefficient (Wildman–Crippen LogP) is 15.1. The lowest BCUT2D eigenvalue weighted by molar-refractivity contribution is 0.0733. The predicted molar refractivity (Wildman–Crippen MR) is 330 cm³/mol. The molecule has 4 aromatic heterocycles. The van der Waals surface area contributed by atoms with Gasteiger partial charge < -0.3 is 24.2 Å². The number of carbonyl (C=O) groups excluding carboxylic acids is 2. The first-order valence-electron chi connectivity index (χ1n) is 30.1. The summed E-state index contributed by atoms with van der Waals surface area (Å²) in [6, 6.07) is 19.5. The molecule has 1 atom stereocenters. The minimum Gasteiger partial charge on any atom is -0.496 e. The average Bonchev–Trinajstić information content (AvgIpc) is 4.10. The lowest BCUT2D eigenvalue weighted by atomic mass is 10.00. The van der Waals surface area contributed by atoms with Crippen LogP contribution in [0.1, 0.15) is 158 Å². The van der Waals surface area contributed by atoms with E-state index in [1.165, 1.54) is 19.3 Å². The Morgan fingerprint density at radius 1 is 0.650 bits per heavy atom. The van der Waals surface area contributed by atoms with E-state index in [1.54, 1.807) is 7.11 Å². The van der Waals surface area contributed by atoms with Crippen LogP contribution in [0.4, 0.5) is 0 Å². The Labute approximate surface area is 487 Å². The molecule has 2 fully saturated rings. The molecule has 8 rings (SSSR count). The second-order valence-corrected chi connectivity index (χ2v) is 25.1. The van der Waals surface area contributed by atoms with Crippen LogP contribution in [0.3, 0.4) is 0 Å². The van der Waals surface area contributed by atoms with E-state index in [2.05, 4.69) is 88.3 Å². The minimum atomic E-state index is 0.0366. The van der Waals surface area contributed by atoms with E-state index < -0.39 is 0 Å². The Hall–Kier alpha value is -5.40. The van der Waals surface area contributed by atoms with Gasteiger partial charge in [-0.1, -0.05) is 104 Å². The van der Waals surface area contributed by atoms with Crippen LogP contribution in [-0.2, 0) is 6.42 Å². The van der Waals surface area contributed by atoms with Crippen LogP contribution >= 0.6 is 23.2 Å². The average molecular weight is 1130 g/mol. The number of piperidine rings is 2. The first-order valence-corrected chi connectivity index (χ1v) is 30.8. The molecule has 2 aromatic carbocycles. The molecule has 12 nitrogen and oxygen atoms in total. The third-order valence-corrected chi connectivity index (χ3v) is 16.6. The zero-order valence-corrected chi connectivity index (χ0v) is 51.0. The van der Waals surface area contributed by atoms with E-state index in [0.29, 0.717) is 76.8 Å². The minimum absolute atomic E-state index is 0.0366. The highest BCUT2D eigenvalue weighted by molar-refractivity contribution is 6.31. The van der Waals surface area contributed by atoms with Gasteiger partial charge in [0.25, 0.3) is 11.8 Å². The molecule has 432 valence electrons. The van der Waals surface area contributed by atoms with Crippen LogP contribution in [0, 0.1) is 23.7 Å². The van der Waals surface area contributed by atoms with Crippen molar-refractivity contribution in [1.82, 2.24) is 38.8 Å². The standard InChI is InChI=1S/C66H90Cl2N8O4/c1-46(2)24-35-73(36-25-47(3)4)65(77)50-29-40-76-59(41-50)55(18-15-32-71-30-12-10-13-31-71)64(70-76)58-44-53(68)21-23-62(58)80-45-54-17-11-14-33-72(54)34-16-19-56-60-42-51(66(78)74(37-26-48(5)6)38-27-49(7)8)28-39-75(60)69-63(56)57-43-52(67)20-22-61(57)79-9/h16,19-23,28-29,39-44,46-49,54H,10-15,17-18,24-27,30-38,45H2,1-9H3. The number of aryl methyl sites for hydroxylation is 1. The van der Waals surface area contributed by atoms with Gasteiger partial charge in [0.1, 0.15) is 29.5 Å². The van der Waals surface area contributed by atoms with Crippen molar-refractivity contribution < 1.29 is 19.1 Å². The van der Waals surface area contributed by atoms with Gasteiger partial charge in [-0.3, -0.25) is 14.5 Å². The van der Waals surface area contributed by atoms with E-state index in [9.17, 15) is 9.59 Å². The molecule has 1 unspecified atom stereocenters. The second kappa shape index (κ2) is 29.0. The van der Waals surface area contributed by atoms with Gasteiger partial charge in [0.15, 0.2) is 0 Å². The fourth-order valence-corrected chi connectivity index (χ4v) is 11.6. The number of halogens is 2. The maximum Gasteiger partial charge on any atom is 0.253 e. The molecule has 0 aliphatic carbocycles. The zero-order valence-electron chi connectivity index (χ0n) is 49.5. The van der Waals surface area contributed by atoms with Crippen molar-refractivity contribution in [3.8, 4) is 34.0 Å². The molecule has 80 heavy (non-hydrogen) atoms. The number of rotatable bonds is 27. The third kappa shape index (κ3) is 16.0. The number of nitrogens with zero attached hydrogens (tertiary/aromatic N) is 8. The van der Waals surface area contributed by atoms with Gasteiger partial charge in [-0.05, 0) is 175 Å². The molecule has 0 saturated carbocycles. The van der Waals surface area contributed by atoms with Crippen LogP contribution in [0.15, 0.2) is 79.1 Å². The normalized spacial score (nSPS) is 15.7. The van der Waals surface area contributed by atoms with Gasteiger partial charge >= 0.3 is 0 Å². The smallest absolute Gasteiger partial charge is 0.253 e. The van der Waals surface area contributed by atoms with Gasteiger partial charge in [0.2, 0.25) is 0 Å². The lowest BCUT2D eigenvalue weighted by Gasteiger charge is -2.34. The van der Waals surface area contributed by atoms with Crippen LogP contribution in [0.5, 0.6) is 11.5 Å². The summed E-state index contributed by atoms with van der Waals surface area (Å²) in [4.78, 5) is 38.0. The molecular weight excluding hydrogens is 1040 g/mol. The number of aromatic nitrogens is 4. The fourth-order valence-electron chi connectivity index (χ4n) is 11.2. The molecule has 6 heterocycles. The Morgan fingerprint density at radius 2 is 1.18 bits per heavy atom. The number of hydrogen-bond donors (Lipinski definition) is 0. The number of benzene rings is 2. The Kier molecular flexibility index (Phi) is 22.0. The summed E-state index contributed by atoms with van der Waals surface area (Å²) < 4.78 is 16.7. The maximum absolute atomic E-state index is 14.4. The molecule has 2 aliphatic rings. The number of likely N-dealkylation sites (tertiary alicyclic amines) is 2. The van der Waals surface area contributed by atoms with Gasteiger partial charge in [0, 0.05) is 94.6 Å². The molecule has 14 heteroatoms. The molecule has 6 aromatic rings. The molecule has 2 saturated heterocycles. The molecular formula is C66H90Cl2N8O4. The summed E-state index contributed by atoms with van der Waals surface area (Å²) in [5, 5.41) is 11.6. The van der Waals surface area contributed by atoms with Crippen molar-refractivity contribution in [2.45, 2.75) is 138 Å². The number of carbonyl (C=O) groups is 2. The topological polar surface area (TPSA) is 100 Å². The largest absolute Gasteiger partial charge is 0.496 e. The summed E-state index contributed by atoms with van der Waals surface area (Å²) in [6.45, 7) is 26.0. The number of ether oxygens (including phenoxy) is 2. The van der Waals surface area contributed by atoms with Crippen molar-refractivity contribution in [2.24, 2.45) is 23.7 Å². The van der Waals surface area contributed by atoms with Gasteiger partial charge in [-0.25, -0.2) is 9.03 Å². The summed E-state index contributed by atoms with van der Waals surface area (Å²) in [6.07, 6.45) is 20.8. The SMILES string of the molecule is COc1ccc(Cl)cc1-c1nn2ccc(C(=O)N(CCC(C)C)CCC(C)C)cc2c1C=CCN1CCCCC1COc1ccc(Cl)cc1-c1nn2ccc(C(=O)N(CCC(C)C)CCC(C)C)cc2c1CCCN1CCCCC1. The first kappa shape index (κ1) is 60.7. The number of fused-ring (bicyclic) bond motifs is 2. The van der Waals surface area contributed by atoms with E-state index in [0.717, 1.165) is 147 Å². The molecule has 0 spiro atoms. The van der Waals surface area contributed by atoms with Crippen molar-refractivity contribution in [3.05, 3.63) is 111 Å². The summed E-state index contributed by atoms with van der Waals surface area (Å²) in [5.74, 6) is 3.49. The van der Waals surface area contributed by atoms with Crippen molar-refractivity contribution in [1.29, 1.82) is 0 Å². The Balaban J connectivity index is 1.08. The van der Waals surface area contributed by atoms with Gasteiger partial charge in [-0.2, -0.15) is 10.2 Å². The van der Waals surface area contributed by atoms with Gasteiger partial charge in [-0.15, -0.1) is 0 Å². The zero-order chi connectivity index (χ0) is 56.9. The van der Waals surface area contributed by atoms with Crippen LogP contribution in [0.25, 0.3) is 39.6 Å². The molecule has 2 amide bonds. The van der Waals surface area contributed by atoms with Crippen molar-refractivity contribution >= 4 is 52.1 Å². The van der Waals surface area contributed by atoms with E-state index in [1.807, 2.05) is 80.9 Å². The van der Waals surface area contributed by atoms with Gasteiger partial charge in [0.05, 0.1) is 18.1 Å². The lowest BCUT2D eigenvalue weighted by Crippen LogP contribution is -2.43. The van der Waals surface area contributed by atoms with Crippen molar-refractivity contribution in [3.63, 3.8) is 0 Å². The maximum atomic E-state index is 14.4. The van der Waals surface area contributed by atoms with Crippen molar-refractivity contribution in [2.75, 3.05) is 72.6 Å². The first-order chi connectivity index (χ1) is 38.6. The third-order valence-electron chi connectivity index (χ3n) is 16.2. The summed E-state index contributed by atoms with van der Waals surface area (Å²) >= 11 is 13.6. The fraction of sp³-hybridized carbons (Fsp3) is 0.545. The van der Waals surface area contributed by atoms with E-state index >= 15 is 0 Å². The quantitative estimate of drug-likeness (QED) is 0.0503.